The van der Waals surface area contributed by atoms with Gasteiger partial charge in [0.15, 0.2) is 0 Å². The minimum Gasteiger partial charge on any atom is -0.483 e. The second-order valence-corrected chi connectivity index (χ2v) is 9.27. The Hall–Kier alpha value is -3.39. The number of benzene rings is 1. The molecule has 176 valence electrons. The topological polar surface area (TPSA) is 107 Å². The molecule has 0 aliphatic carbocycles. The largest absolute Gasteiger partial charge is 0.483 e. The molecule has 8 heteroatoms. The molecule has 8 nitrogen and oxygen atoms in total. The fourth-order valence-corrected chi connectivity index (χ4v) is 4.08. The third-order valence-electron chi connectivity index (χ3n) is 5.85. The van der Waals surface area contributed by atoms with Gasteiger partial charge in [-0.25, -0.2) is 0 Å². The highest BCUT2D eigenvalue weighted by Gasteiger charge is 2.27. The lowest BCUT2D eigenvalue weighted by molar-refractivity contribution is -0.122. The van der Waals surface area contributed by atoms with Gasteiger partial charge in [-0.1, -0.05) is 20.8 Å². The molecule has 1 aliphatic heterocycles. The summed E-state index contributed by atoms with van der Waals surface area (Å²) in [6.45, 7) is 9.36. The van der Waals surface area contributed by atoms with E-state index in [0.717, 1.165) is 42.6 Å². The summed E-state index contributed by atoms with van der Waals surface area (Å²) >= 11 is 0. The van der Waals surface area contributed by atoms with Crippen molar-refractivity contribution in [2.45, 2.75) is 32.6 Å². The van der Waals surface area contributed by atoms with Gasteiger partial charge in [0.1, 0.15) is 11.8 Å². The number of furan rings is 1. The molecule has 0 saturated carbocycles. The third-order valence-corrected chi connectivity index (χ3v) is 5.85. The molecule has 1 saturated heterocycles. The van der Waals surface area contributed by atoms with Gasteiger partial charge in [-0.2, -0.15) is 0 Å². The van der Waals surface area contributed by atoms with E-state index in [-0.39, 0.29) is 23.4 Å². The van der Waals surface area contributed by atoms with Gasteiger partial charge >= 0.3 is 0 Å². The average Bonchev–Trinajstić information content (AvgIpc) is 3.06. The van der Waals surface area contributed by atoms with Gasteiger partial charge < -0.3 is 24.3 Å². The van der Waals surface area contributed by atoms with E-state index in [1.807, 2.05) is 23.1 Å². The van der Waals surface area contributed by atoms with E-state index in [9.17, 15) is 9.59 Å². The number of pyridine rings is 1. The molecule has 2 aromatic heterocycles. The fraction of sp³-hybridized carbons (Fsp3) is 0.400. The highest BCUT2D eigenvalue weighted by atomic mass is 16.3. The van der Waals surface area contributed by atoms with Crippen LogP contribution in [-0.4, -0.2) is 65.5 Å². The van der Waals surface area contributed by atoms with E-state index in [2.05, 4.69) is 37.7 Å². The quantitative estimate of drug-likeness (QED) is 0.575. The first-order valence-corrected chi connectivity index (χ1v) is 11.0. The van der Waals surface area contributed by atoms with Crippen LogP contribution in [0.15, 0.2) is 45.9 Å². The summed E-state index contributed by atoms with van der Waals surface area (Å²) < 4.78 is 5.95. The van der Waals surface area contributed by atoms with Crippen LogP contribution < -0.4 is 5.56 Å². The Kier molecular flexibility index (Phi) is 7.38. The van der Waals surface area contributed by atoms with E-state index in [1.165, 1.54) is 0 Å². The smallest absolute Gasteiger partial charge is 0.290 e. The maximum absolute atomic E-state index is 13.4. The van der Waals surface area contributed by atoms with Crippen molar-refractivity contribution < 1.29 is 19.1 Å². The van der Waals surface area contributed by atoms with Crippen molar-refractivity contribution in [3.63, 3.8) is 0 Å². The van der Waals surface area contributed by atoms with Crippen molar-refractivity contribution in [3.8, 4) is 11.1 Å². The van der Waals surface area contributed by atoms with Crippen LogP contribution in [0, 0.1) is 0 Å². The summed E-state index contributed by atoms with van der Waals surface area (Å²) in [5.74, 6) is -0.0111. The Morgan fingerprint density at radius 2 is 1.91 bits per heavy atom. The number of hydrogen-bond donors (Lipinski definition) is 2. The molecule has 1 aliphatic rings. The predicted octanol–water partition coefficient (Wildman–Crippen LogP) is 3.56. The lowest BCUT2D eigenvalue weighted by Gasteiger charge is -2.21. The number of fused-ring (bicyclic) bond motifs is 1. The van der Waals surface area contributed by atoms with Crippen LogP contribution in [0.25, 0.3) is 22.1 Å². The first kappa shape index (κ1) is 24.3. The maximum Gasteiger partial charge on any atom is 0.290 e. The van der Waals surface area contributed by atoms with E-state index in [0.29, 0.717) is 23.3 Å². The van der Waals surface area contributed by atoms with Gasteiger partial charge in [-0.05, 0) is 55.3 Å². The number of H-pyrrole nitrogens is 1. The molecule has 0 spiro atoms. The second-order valence-electron chi connectivity index (χ2n) is 9.27. The minimum absolute atomic E-state index is 0.0111. The SMILES string of the molecule is CN1CCCN(C(=O)c2coc3c(C(C)(C)C)cc(-c4ccc[nH]c4=O)cc23)CC1.O=CO. The normalized spacial score (nSPS) is 15.0. The Morgan fingerprint density at radius 1 is 1.18 bits per heavy atom. The molecule has 0 atom stereocenters. The van der Waals surface area contributed by atoms with E-state index in [4.69, 9.17) is 14.3 Å². The third kappa shape index (κ3) is 5.34. The zero-order valence-corrected chi connectivity index (χ0v) is 19.6. The Morgan fingerprint density at radius 3 is 2.58 bits per heavy atom. The van der Waals surface area contributed by atoms with Crippen molar-refractivity contribution in [3.05, 3.63) is 58.2 Å². The van der Waals surface area contributed by atoms with Crippen molar-refractivity contribution in [1.82, 2.24) is 14.8 Å². The first-order valence-electron chi connectivity index (χ1n) is 11.0. The number of rotatable bonds is 2. The maximum atomic E-state index is 13.4. The zero-order valence-electron chi connectivity index (χ0n) is 19.6. The molecule has 0 unspecified atom stereocenters. The van der Waals surface area contributed by atoms with Gasteiger partial charge in [-0.15, -0.1) is 0 Å². The molecule has 2 N–H and O–H groups in total. The van der Waals surface area contributed by atoms with Crippen LogP contribution in [0.5, 0.6) is 0 Å². The van der Waals surface area contributed by atoms with Crippen LogP contribution in [0.2, 0.25) is 0 Å². The van der Waals surface area contributed by atoms with Crippen LogP contribution in [0.4, 0.5) is 0 Å². The number of carboxylic acid groups (broad SMARTS) is 1. The highest BCUT2D eigenvalue weighted by Crippen LogP contribution is 2.36. The molecule has 0 radical (unpaired) electrons. The zero-order chi connectivity index (χ0) is 24.2. The van der Waals surface area contributed by atoms with Gasteiger partial charge in [0.2, 0.25) is 0 Å². The summed E-state index contributed by atoms with van der Waals surface area (Å²) in [5.41, 5.74) is 3.28. The van der Waals surface area contributed by atoms with Crippen molar-refractivity contribution in [2.24, 2.45) is 0 Å². The van der Waals surface area contributed by atoms with Crippen LogP contribution in [0.1, 0.15) is 43.1 Å². The summed E-state index contributed by atoms with van der Waals surface area (Å²) in [5, 5.41) is 7.66. The highest BCUT2D eigenvalue weighted by molar-refractivity contribution is 6.07. The number of nitrogens with one attached hydrogen (secondary N) is 1. The number of carbonyl (C=O) groups excluding carboxylic acids is 1. The minimum atomic E-state index is -0.250. The monoisotopic (exact) mass is 453 g/mol. The molecular weight excluding hydrogens is 422 g/mol. The lowest BCUT2D eigenvalue weighted by atomic mass is 9.84. The molecule has 3 aromatic rings. The molecule has 0 bridgehead atoms. The van der Waals surface area contributed by atoms with Gasteiger partial charge in [0.25, 0.3) is 17.9 Å². The molecule has 1 aromatic carbocycles. The summed E-state index contributed by atoms with van der Waals surface area (Å²) in [7, 11) is 2.08. The summed E-state index contributed by atoms with van der Waals surface area (Å²) in [6.07, 6.45) is 4.16. The number of carbonyl (C=O) groups is 2. The predicted molar refractivity (Wildman–Crippen MR) is 128 cm³/mol. The van der Waals surface area contributed by atoms with Crippen molar-refractivity contribution in [2.75, 3.05) is 33.2 Å². The number of nitrogens with zero attached hydrogens (tertiary/aromatic N) is 2. The molecule has 4 rings (SSSR count). The molecule has 3 heterocycles. The number of aromatic nitrogens is 1. The average molecular weight is 454 g/mol. The molecular formula is C25H31N3O5. The molecule has 1 amide bonds. The Balaban J connectivity index is 0.000000968. The fourth-order valence-electron chi connectivity index (χ4n) is 4.08. The Bertz CT molecular complexity index is 1190. The van der Waals surface area contributed by atoms with Gasteiger partial charge in [0, 0.05) is 42.3 Å². The Labute approximate surface area is 192 Å². The molecule has 33 heavy (non-hydrogen) atoms. The van der Waals surface area contributed by atoms with Crippen LogP contribution in [-0.2, 0) is 10.2 Å². The number of amides is 1. The van der Waals surface area contributed by atoms with Crippen molar-refractivity contribution >= 4 is 23.3 Å². The number of aromatic amines is 1. The van der Waals surface area contributed by atoms with E-state index < -0.39 is 0 Å². The van der Waals surface area contributed by atoms with E-state index in [1.54, 1.807) is 18.5 Å². The van der Waals surface area contributed by atoms with Gasteiger partial charge in [0.05, 0.1) is 5.56 Å². The van der Waals surface area contributed by atoms with Gasteiger partial charge in [-0.3, -0.25) is 14.4 Å². The molecule has 1 fully saturated rings. The van der Waals surface area contributed by atoms with E-state index >= 15 is 0 Å². The standard InChI is InChI=1S/C24H29N3O3.CH2O2/c1-24(2,3)20-14-16(17-7-5-8-25-22(17)28)13-18-19(15-30-21(18)20)23(29)27-10-6-9-26(4)11-12-27;2-1-3/h5,7-8,13-15H,6,9-12H2,1-4H3,(H,25,28);1H,(H,2,3). The second kappa shape index (κ2) is 10.0. The summed E-state index contributed by atoms with van der Waals surface area (Å²) in [4.78, 5) is 41.1. The lowest BCUT2D eigenvalue weighted by Crippen LogP contribution is -2.34. The number of likely N-dealkylation sites (N-methyl/N-ethyl adjacent to an activating group) is 1. The van der Waals surface area contributed by atoms with Crippen molar-refractivity contribution in [1.29, 1.82) is 0 Å². The number of hydrogen-bond acceptors (Lipinski definition) is 5. The van der Waals surface area contributed by atoms with Crippen LogP contribution >= 0.6 is 0 Å². The first-order chi connectivity index (χ1) is 15.7. The summed E-state index contributed by atoms with van der Waals surface area (Å²) in [6, 6.07) is 7.53. The van der Waals surface area contributed by atoms with Crippen LogP contribution in [0.3, 0.4) is 0 Å².